The SMILES string of the molecule is CN(C)CCCn1ccnc1C1CCN(C(=O)CC2COCCN2)CC1. The second-order valence-corrected chi connectivity index (χ2v) is 7.72. The highest BCUT2D eigenvalue weighted by Crippen LogP contribution is 2.27. The summed E-state index contributed by atoms with van der Waals surface area (Å²) in [5.41, 5.74) is 0. The van der Waals surface area contributed by atoms with Crippen LogP contribution in [0.15, 0.2) is 12.4 Å². The Bertz CT molecular complexity index is 560. The molecule has 1 aromatic rings. The summed E-state index contributed by atoms with van der Waals surface area (Å²) in [6, 6.07) is 0.171. The maximum absolute atomic E-state index is 12.5. The summed E-state index contributed by atoms with van der Waals surface area (Å²) in [5.74, 6) is 1.91. The molecule has 1 amide bonds. The Hall–Kier alpha value is -1.44. The third-order valence-electron chi connectivity index (χ3n) is 5.38. The van der Waals surface area contributed by atoms with Crippen molar-refractivity contribution in [2.24, 2.45) is 0 Å². The molecule has 146 valence electrons. The van der Waals surface area contributed by atoms with Gasteiger partial charge >= 0.3 is 0 Å². The molecule has 3 heterocycles. The molecule has 1 aromatic heterocycles. The lowest BCUT2D eigenvalue weighted by Crippen LogP contribution is -2.46. The quantitative estimate of drug-likeness (QED) is 0.781. The van der Waals surface area contributed by atoms with Gasteiger partial charge in [0.2, 0.25) is 5.91 Å². The fraction of sp³-hybridized carbons (Fsp3) is 0.789. The normalized spacial score (nSPS) is 22.1. The number of aromatic nitrogens is 2. The predicted molar refractivity (Wildman–Crippen MR) is 101 cm³/mol. The molecule has 1 unspecified atom stereocenters. The van der Waals surface area contributed by atoms with E-state index >= 15 is 0 Å². The number of morpholine rings is 1. The Morgan fingerprint density at radius 2 is 2.19 bits per heavy atom. The first-order valence-electron chi connectivity index (χ1n) is 9.88. The Balaban J connectivity index is 1.46. The number of carbonyl (C=O) groups excluding carboxylic acids is 1. The summed E-state index contributed by atoms with van der Waals surface area (Å²) in [5, 5.41) is 3.37. The molecule has 0 bridgehead atoms. The Labute approximate surface area is 156 Å². The lowest BCUT2D eigenvalue weighted by Gasteiger charge is -2.33. The zero-order chi connectivity index (χ0) is 18.4. The van der Waals surface area contributed by atoms with Crippen molar-refractivity contribution in [2.75, 3.05) is 53.5 Å². The third-order valence-corrected chi connectivity index (χ3v) is 5.38. The summed E-state index contributed by atoms with van der Waals surface area (Å²) in [4.78, 5) is 21.4. The van der Waals surface area contributed by atoms with Gasteiger partial charge in [0.1, 0.15) is 5.82 Å². The van der Waals surface area contributed by atoms with Crippen LogP contribution < -0.4 is 5.32 Å². The van der Waals surface area contributed by atoms with E-state index < -0.39 is 0 Å². The van der Waals surface area contributed by atoms with Gasteiger partial charge in [0.15, 0.2) is 0 Å². The van der Waals surface area contributed by atoms with Crippen LogP contribution in [0.25, 0.3) is 0 Å². The molecule has 2 saturated heterocycles. The van der Waals surface area contributed by atoms with E-state index in [0.717, 1.165) is 58.6 Å². The monoisotopic (exact) mass is 363 g/mol. The first-order valence-corrected chi connectivity index (χ1v) is 9.88. The van der Waals surface area contributed by atoms with E-state index in [1.54, 1.807) is 0 Å². The largest absolute Gasteiger partial charge is 0.378 e. The van der Waals surface area contributed by atoms with E-state index in [1.165, 1.54) is 5.82 Å². The minimum Gasteiger partial charge on any atom is -0.378 e. The zero-order valence-electron chi connectivity index (χ0n) is 16.2. The number of likely N-dealkylation sites (tertiary alicyclic amines) is 1. The van der Waals surface area contributed by atoms with Gasteiger partial charge in [-0.3, -0.25) is 4.79 Å². The van der Waals surface area contributed by atoms with Crippen LogP contribution in [-0.2, 0) is 16.1 Å². The number of hydrogen-bond donors (Lipinski definition) is 1. The predicted octanol–water partition coefficient (Wildman–Crippen LogP) is 0.919. The Kier molecular flexibility index (Phi) is 7.05. The van der Waals surface area contributed by atoms with Gasteiger partial charge in [0, 0.05) is 57.0 Å². The molecule has 2 fully saturated rings. The highest BCUT2D eigenvalue weighted by Gasteiger charge is 2.28. The molecule has 2 aliphatic heterocycles. The van der Waals surface area contributed by atoms with E-state index in [2.05, 4.69) is 40.1 Å². The van der Waals surface area contributed by atoms with Crippen molar-refractivity contribution >= 4 is 5.91 Å². The number of nitrogens with one attached hydrogen (secondary N) is 1. The van der Waals surface area contributed by atoms with E-state index in [1.807, 2.05) is 11.1 Å². The molecule has 26 heavy (non-hydrogen) atoms. The highest BCUT2D eigenvalue weighted by atomic mass is 16.5. The van der Waals surface area contributed by atoms with Crippen molar-refractivity contribution in [3.05, 3.63) is 18.2 Å². The molecular formula is C19H33N5O2. The number of carbonyl (C=O) groups is 1. The lowest BCUT2D eigenvalue weighted by molar-refractivity contribution is -0.133. The molecule has 0 aliphatic carbocycles. The average molecular weight is 364 g/mol. The molecule has 0 radical (unpaired) electrons. The van der Waals surface area contributed by atoms with Crippen LogP contribution in [0.5, 0.6) is 0 Å². The number of hydrogen-bond acceptors (Lipinski definition) is 5. The van der Waals surface area contributed by atoms with Crippen molar-refractivity contribution in [3.63, 3.8) is 0 Å². The molecule has 7 nitrogen and oxygen atoms in total. The van der Waals surface area contributed by atoms with Gasteiger partial charge in [-0.15, -0.1) is 0 Å². The summed E-state index contributed by atoms with van der Waals surface area (Å²) in [6.45, 7) is 6.01. The van der Waals surface area contributed by atoms with Crippen molar-refractivity contribution < 1.29 is 9.53 Å². The van der Waals surface area contributed by atoms with Crippen molar-refractivity contribution in [2.45, 2.75) is 44.2 Å². The van der Waals surface area contributed by atoms with Crippen LogP contribution in [0.1, 0.15) is 37.4 Å². The number of amides is 1. The third kappa shape index (κ3) is 5.28. The standard InChI is InChI=1S/C19H33N5O2/c1-22(2)8-3-9-24-12-6-21-19(24)16-4-10-23(11-5-16)18(25)14-17-15-26-13-7-20-17/h6,12,16-17,20H,3-5,7-11,13-15H2,1-2H3. The minimum absolute atomic E-state index is 0.171. The number of nitrogens with zero attached hydrogens (tertiary/aromatic N) is 4. The Morgan fingerprint density at radius 1 is 1.38 bits per heavy atom. The molecule has 2 aliphatic rings. The second kappa shape index (κ2) is 9.48. The topological polar surface area (TPSA) is 62.6 Å². The fourth-order valence-electron chi connectivity index (χ4n) is 3.90. The van der Waals surface area contributed by atoms with Gasteiger partial charge < -0.3 is 24.4 Å². The van der Waals surface area contributed by atoms with E-state index in [9.17, 15) is 4.79 Å². The number of rotatable bonds is 7. The molecule has 7 heteroatoms. The molecule has 3 rings (SSSR count). The molecule has 0 spiro atoms. The van der Waals surface area contributed by atoms with Gasteiger partial charge in [-0.2, -0.15) is 0 Å². The molecule has 1 N–H and O–H groups in total. The van der Waals surface area contributed by atoms with Crippen molar-refractivity contribution in [1.29, 1.82) is 0 Å². The minimum atomic E-state index is 0.171. The zero-order valence-corrected chi connectivity index (χ0v) is 16.2. The lowest BCUT2D eigenvalue weighted by atomic mass is 9.95. The van der Waals surface area contributed by atoms with Gasteiger partial charge in [-0.1, -0.05) is 0 Å². The average Bonchev–Trinajstić information content (AvgIpc) is 3.11. The van der Waals surface area contributed by atoms with Crippen LogP contribution in [0.3, 0.4) is 0 Å². The summed E-state index contributed by atoms with van der Waals surface area (Å²) in [7, 11) is 4.22. The van der Waals surface area contributed by atoms with Gasteiger partial charge in [-0.25, -0.2) is 4.98 Å². The molecule has 1 atom stereocenters. The number of imidazole rings is 1. The van der Waals surface area contributed by atoms with Crippen LogP contribution in [0, 0.1) is 0 Å². The number of ether oxygens (including phenoxy) is 1. The van der Waals surface area contributed by atoms with Crippen LogP contribution in [-0.4, -0.2) is 84.8 Å². The summed E-state index contributed by atoms with van der Waals surface area (Å²) < 4.78 is 7.75. The second-order valence-electron chi connectivity index (χ2n) is 7.72. The Morgan fingerprint density at radius 3 is 2.88 bits per heavy atom. The van der Waals surface area contributed by atoms with Gasteiger partial charge in [-0.05, 0) is 39.9 Å². The maximum Gasteiger partial charge on any atom is 0.224 e. The number of aryl methyl sites for hydroxylation is 1. The number of piperidine rings is 1. The van der Waals surface area contributed by atoms with Crippen LogP contribution in [0.4, 0.5) is 0 Å². The highest BCUT2D eigenvalue weighted by molar-refractivity contribution is 5.77. The molecular weight excluding hydrogens is 330 g/mol. The fourth-order valence-corrected chi connectivity index (χ4v) is 3.90. The van der Waals surface area contributed by atoms with Gasteiger partial charge in [0.05, 0.1) is 13.2 Å². The van der Waals surface area contributed by atoms with Crippen LogP contribution >= 0.6 is 0 Å². The van der Waals surface area contributed by atoms with Crippen molar-refractivity contribution in [3.8, 4) is 0 Å². The maximum atomic E-state index is 12.5. The first kappa shape index (κ1) is 19.3. The van der Waals surface area contributed by atoms with E-state index in [-0.39, 0.29) is 11.9 Å². The van der Waals surface area contributed by atoms with Crippen LogP contribution in [0.2, 0.25) is 0 Å². The molecule has 0 aromatic carbocycles. The first-order chi connectivity index (χ1) is 12.6. The summed E-state index contributed by atoms with van der Waals surface area (Å²) >= 11 is 0. The smallest absolute Gasteiger partial charge is 0.224 e. The van der Waals surface area contributed by atoms with Gasteiger partial charge in [0.25, 0.3) is 0 Å². The van der Waals surface area contributed by atoms with Crippen molar-refractivity contribution in [1.82, 2.24) is 24.7 Å². The van der Waals surface area contributed by atoms with E-state index in [0.29, 0.717) is 18.9 Å². The molecule has 0 saturated carbocycles. The summed E-state index contributed by atoms with van der Waals surface area (Å²) in [6.07, 6.45) is 7.69. The van der Waals surface area contributed by atoms with E-state index in [4.69, 9.17) is 4.74 Å².